The van der Waals surface area contributed by atoms with Crippen molar-refractivity contribution in [1.29, 1.82) is 0 Å². The number of benzene rings is 3. The number of pyridine rings is 2. The van der Waals surface area contributed by atoms with E-state index in [2.05, 4.69) is 57.6 Å². The number of aryl methyl sites for hydroxylation is 4. The van der Waals surface area contributed by atoms with Crippen molar-refractivity contribution in [2.45, 2.75) is 37.8 Å². The number of aromatic nitrogens is 2. The first-order chi connectivity index (χ1) is 26.0. The number of para-hydroxylation sites is 1. The van der Waals surface area contributed by atoms with Crippen LogP contribution in [0.5, 0.6) is 5.75 Å². The number of halogens is 2. The number of carbonyl (C=O) groups is 1. The van der Waals surface area contributed by atoms with E-state index in [1.165, 1.54) is 39.1 Å². The molecule has 9 rings (SSSR count). The molecule has 5 aromatic rings. The second-order valence-electron chi connectivity index (χ2n) is 14.1. The van der Waals surface area contributed by atoms with Gasteiger partial charge in [0.2, 0.25) is 0 Å². The lowest BCUT2D eigenvalue weighted by molar-refractivity contribution is 0.0965. The number of rotatable bonds is 3. The maximum absolute atomic E-state index is 12.6. The number of fused-ring (bicyclic) bond motifs is 4. The van der Waals surface area contributed by atoms with Crippen molar-refractivity contribution >= 4 is 29.3 Å². The second-order valence-corrected chi connectivity index (χ2v) is 14.9. The normalized spacial score (nSPS) is 19.9. The molecule has 2 fully saturated rings. The minimum atomic E-state index is -0.294. The van der Waals surface area contributed by atoms with Gasteiger partial charge in [-0.05, 0) is 108 Å². The van der Waals surface area contributed by atoms with Crippen LogP contribution in [0.3, 0.4) is 0 Å². The van der Waals surface area contributed by atoms with E-state index in [-0.39, 0.29) is 18.2 Å². The Morgan fingerprint density at radius 3 is 1.66 bits per heavy atom. The van der Waals surface area contributed by atoms with E-state index in [0.29, 0.717) is 18.8 Å². The van der Waals surface area contributed by atoms with Crippen molar-refractivity contribution in [3.8, 4) is 5.75 Å². The molecule has 8 nitrogen and oxygen atoms in total. The van der Waals surface area contributed by atoms with E-state index in [9.17, 15) is 4.79 Å². The smallest absolute Gasteiger partial charge is 0.410 e. The molecule has 1 amide bonds. The van der Waals surface area contributed by atoms with Crippen molar-refractivity contribution in [2.75, 3.05) is 52.4 Å². The first-order valence-corrected chi connectivity index (χ1v) is 19.4. The quantitative estimate of drug-likeness (QED) is 0.204. The number of ether oxygens (including phenoxy) is 1. The molecule has 3 aromatic carbocycles. The number of hydrogen-bond donors (Lipinski definition) is 1. The van der Waals surface area contributed by atoms with Gasteiger partial charge in [-0.1, -0.05) is 65.7 Å². The Morgan fingerprint density at radius 1 is 0.604 bits per heavy atom. The lowest BCUT2D eigenvalue weighted by Crippen LogP contribution is -2.50. The fourth-order valence-corrected chi connectivity index (χ4v) is 8.65. The average molecular weight is 748 g/mol. The summed E-state index contributed by atoms with van der Waals surface area (Å²) in [7, 11) is 0. The number of hydrogen-bond acceptors (Lipinski definition) is 7. The lowest BCUT2D eigenvalue weighted by Gasteiger charge is -2.39. The zero-order chi connectivity index (χ0) is 36.1. The molecule has 10 heteroatoms. The van der Waals surface area contributed by atoms with Gasteiger partial charge in [0.25, 0.3) is 0 Å². The van der Waals surface area contributed by atoms with Crippen LogP contribution in [0.1, 0.15) is 56.9 Å². The van der Waals surface area contributed by atoms with E-state index in [0.717, 1.165) is 80.7 Å². The summed E-state index contributed by atoms with van der Waals surface area (Å²) in [6.07, 6.45) is 7.49. The molecular formula is C43H44Cl2N6O2. The van der Waals surface area contributed by atoms with Crippen LogP contribution in [0.4, 0.5) is 4.79 Å². The van der Waals surface area contributed by atoms with Gasteiger partial charge >= 0.3 is 6.09 Å². The summed E-state index contributed by atoms with van der Waals surface area (Å²) in [5.74, 6) is 0.572. The largest absolute Gasteiger partial charge is 0.415 e. The fraction of sp³-hybridized carbons (Fsp3) is 0.326. The van der Waals surface area contributed by atoms with Crippen LogP contribution in [-0.2, 0) is 25.7 Å². The highest BCUT2D eigenvalue weighted by Crippen LogP contribution is 2.38. The van der Waals surface area contributed by atoms with E-state index >= 15 is 0 Å². The summed E-state index contributed by atoms with van der Waals surface area (Å²) in [4.78, 5) is 28.9. The average Bonchev–Trinajstić information content (AvgIpc) is 3.46. The van der Waals surface area contributed by atoms with Gasteiger partial charge in [0, 0.05) is 74.8 Å². The predicted molar refractivity (Wildman–Crippen MR) is 210 cm³/mol. The molecule has 4 heterocycles. The number of nitrogens with zero attached hydrogens (tertiary/aromatic N) is 5. The molecule has 2 atom stereocenters. The third kappa shape index (κ3) is 7.98. The van der Waals surface area contributed by atoms with Crippen LogP contribution in [0.2, 0.25) is 10.0 Å². The molecule has 0 spiro atoms. The molecule has 0 saturated carbocycles. The highest BCUT2D eigenvalue weighted by molar-refractivity contribution is 6.31. The predicted octanol–water partition coefficient (Wildman–Crippen LogP) is 7.57. The van der Waals surface area contributed by atoms with Crippen LogP contribution < -0.4 is 10.1 Å². The third-order valence-electron chi connectivity index (χ3n) is 10.9. The molecule has 2 aliphatic carbocycles. The van der Waals surface area contributed by atoms with E-state index in [4.69, 9.17) is 37.9 Å². The summed E-state index contributed by atoms with van der Waals surface area (Å²) in [5.41, 5.74) is 10.3. The van der Waals surface area contributed by atoms with Gasteiger partial charge in [0.05, 0.1) is 23.5 Å². The van der Waals surface area contributed by atoms with E-state index in [1.807, 2.05) is 48.8 Å². The maximum atomic E-state index is 12.6. The standard InChI is InChI=1S/C25H24ClN3O2.C18H20ClN3/c26-20-10-11-22-19(17-20)9-8-18-5-4-12-27-23(18)24(22)28-13-15-29(16-14-28)25(30)31-21-6-2-1-3-7-21;19-15-5-6-16-14(12-15)4-3-13-2-1-7-21-17(13)18(16)22-10-8-20-9-11-22/h1-7,10-12,17,24H,8-9,13-16H2;1-2,5-7,12,18,20H,3-4,8-11H2. The molecule has 2 saturated heterocycles. The minimum absolute atomic E-state index is 0.0678. The molecule has 1 N–H and O–H groups in total. The topological polar surface area (TPSA) is 73.8 Å². The van der Waals surface area contributed by atoms with Crippen LogP contribution in [0.15, 0.2) is 103 Å². The van der Waals surface area contributed by atoms with Gasteiger partial charge in [-0.15, -0.1) is 0 Å². The Labute approximate surface area is 321 Å². The summed E-state index contributed by atoms with van der Waals surface area (Å²) >= 11 is 12.5. The van der Waals surface area contributed by atoms with Gasteiger partial charge in [-0.2, -0.15) is 0 Å². The van der Waals surface area contributed by atoms with Crippen LogP contribution in [-0.4, -0.2) is 83.1 Å². The zero-order valence-corrected chi connectivity index (χ0v) is 31.3. The Hall–Kier alpha value is -4.31. The second kappa shape index (κ2) is 16.4. The molecular weight excluding hydrogens is 703 g/mol. The number of amides is 1. The van der Waals surface area contributed by atoms with Crippen molar-refractivity contribution < 1.29 is 9.53 Å². The third-order valence-corrected chi connectivity index (χ3v) is 11.4. The number of carbonyl (C=O) groups excluding carboxylic acids is 1. The summed E-state index contributed by atoms with van der Waals surface area (Å²) in [5, 5.41) is 5.04. The van der Waals surface area contributed by atoms with Gasteiger partial charge < -0.3 is 15.0 Å². The van der Waals surface area contributed by atoms with E-state index in [1.54, 1.807) is 17.0 Å². The number of piperazine rings is 2. The summed E-state index contributed by atoms with van der Waals surface area (Å²) in [6.45, 7) is 6.95. The van der Waals surface area contributed by atoms with Gasteiger partial charge in [0.1, 0.15) is 5.75 Å². The Kier molecular flexibility index (Phi) is 11.0. The maximum Gasteiger partial charge on any atom is 0.415 e. The van der Waals surface area contributed by atoms with Gasteiger partial charge in [-0.25, -0.2) is 4.79 Å². The lowest BCUT2D eigenvalue weighted by atomic mass is 9.96. The first-order valence-electron chi connectivity index (χ1n) is 18.7. The van der Waals surface area contributed by atoms with Crippen molar-refractivity contribution in [3.63, 3.8) is 0 Å². The van der Waals surface area contributed by atoms with Crippen LogP contribution in [0, 0.1) is 0 Å². The summed E-state index contributed by atoms with van der Waals surface area (Å²) in [6, 6.07) is 30.6. The van der Waals surface area contributed by atoms with Crippen LogP contribution >= 0.6 is 23.2 Å². The minimum Gasteiger partial charge on any atom is -0.410 e. The molecule has 2 aromatic heterocycles. The number of nitrogens with one attached hydrogen (secondary N) is 1. The first kappa shape index (κ1) is 35.7. The highest BCUT2D eigenvalue weighted by Gasteiger charge is 2.34. The molecule has 53 heavy (non-hydrogen) atoms. The molecule has 0 bridgehead atoms. The van der Waals surface area contributed by atoms with E-state index < -0.39 is 0 Å². The van der Waals surface area contributed by atoms with Crippen molar-refractivity contribution in [1.82, 2.24) is 30.0 Å². The Bertz CT molecular complexity index is 2050. The Morgan fingerprint density at radius 2 is 1.11 bits per heavy atom. The molecule has 0 radical (unpaired) electrons. The fourth-order valence-electron chi connectivity index (χ4n) is 8.26. The molecule has 2 aliphatic heterocycles. The summed E-state index contributed by atoms with van der Waals surface area (Å²) < 4.78 is 5.52. The SMILES string of the molecule is Clc1ccc2c(c1)CCc1cccnc1C2N1CCNCC1.O=C(Oc1ccccc1)N1CCN(C2c3ccc(Cl)cc3CCc3cccnc32)CC1. The van der Waals surface area contributed by atoms with Crippen molar-refractivity contribution in [3.05, 3.63) is 158 Å². The molecule has 2 unspecified atom stereocenters. The van der Waals surface area contributed by atoms with Gasteiger partial charge in [0.15, 0.2) is 0 Å². The van der Waals surface area contributed by atoms with Crippen LogP contribution in [0.25, 0.3) is 0 Å². The Balaban J connectivity index is 0.000000160. The highest BCUT2D eigenvalue weighted by atomic mass is 35.5. The zero-order valence-electron chi connectivity index (χ0n) is 29.8. The molecule has 4 aliphatic rings. The molecule has 272 valence electrons. The van der Waals surface area contributed by atoms with Crippen molar-refractivity contribution in [2.24, 2.45) is 0 Å². The van der Waals surface area contributed by atoms with Gasteiger partial charge in [-0.3, -0.25) is 19.8 Å². The monoisotopic (exact) mass is 746 g/mol.